The van der Waals surface area contributed by atoms with Crippen LogP contribution in [0, 0.1) is 5.92 Å². The molecular weight excluding hydrogens is 544 g/mol. The lowest BCUT2D eigenvalue weighted by atomic mass is 9.87. The Morgan fingerprint density at radius 2 is 1.90 bits per heavy atom. The van der Waals surface area contributed by atoms with Gasteiger partial charge in [-0.3, -0.25) is 4.79 Å². The maximum atomic E-state index is 13.4. The van der Waals surface area contributed by atoms with Crippen LogP contribution in [0.3, 0.4) is 0 Å². The van der Waals surface area contributed by atoms with Crippen LogP contribution in [0.5, 0.6) is 11.5 Å². The zero-order valence-electron chi connectivity index (χ0n) is 24.8. The summed E-state index contributed by atoms with van der Waals surface area (Å²) in [6.07, 6.45) is 4.04. The normalized spacial score (nSPS) is 20.8. The second-order valence-corrected chi connectivity index (χ2v) is 9.99. The van der Waals surface area contributed by atoms with Crippen molar-refractivity contribution in [3.63, 3.8) is 0 Å². The summed E-state index contributed by atoms with van der Waals surface area (Å²) in [5.74, 6) is -1.51. The molecule has 2 aromatic rings. The van der Waals surface area contributed by atoms with Gasteiger partial charge in [-0.2, -0.15) is 0 Å². The highest BCUT2D eigenvalue weighted by molar-refractivity contribution is 5.98. The minimum atomic E-state index is -0.910. The molecule has 0 bridgehead atoms. The molecule has 0 unspecified atom stereocenters. The number of ether oxygens (including phenoxy) is 6. The van der Waals surface area contributed by atoms with Gasteiger partial charge in [-0.1, -0.05) is 43.7 Å². The van der Waals surface area contributed by atoms with Gasteiger partial charge in [-0.05, 0) is 51.0 Å². The Morgan fingerprint density at radius 3 is 2.62 bits per heavy atom. The number of carbonyl (C=O) groups excluding carboxylic acids is 3. The average Bonchev–Trinajstić information content (AvgIpc) is 3.04. The lowest BCUT2D eigenvalue weighted by Gasteiger charge is -2.31. The van der Waals surface area contributed by atoms with E-state index in [1.54, 1.807) is 6.92 Å². The van der Waals surface area contributed by atoms with E-state index < -0.39 is 36.8 Å². The van der Waals surface area contributed by atoms with E-state index in [4.69, 9.17) is 28.4 Å². The number of methoxy groups -OCH3 is 1. The fraction of sp³-hybridized carbons (Fsp3) is 0.548. The van der Waals surface area contributed by atoms with E-state index in [1.807, 2.05) is 32.0 Å². The maximum Gasteiger partial charge on any atom is 0.334 e. The van der Waals surface area contributed by atoms with E-state index in [9.17, 15) is 14.4 Å². The highest BCUT2D eigenvalue weighted by Gasteiger charge is 2.35. The van der Waals surface area contributed by atoms with Crippen molar-refractivity contribution in [1.29, 1.82) is 0 Å². The Morgan fingerprint density at radius 1 is 1.12 bits per heavy atom. The third-order valence-corrected chi connectivity index (χ3v) is 6.89. The number of cyclic esters (lactones) is 1. The molecule has 4 atom stereocenters. The van der Waals surface area contributed by atoms with E-state index >= 15 is 0 Å². The molecule has 0 spiro atoms. The molecule has 1 aliphatic heterocycles. The molecular formula is C31H42N2O9. The van der Waals surface area contributed by atoms with Crippen molar-refractivity contribution in [3.05, 3.63) is 53.9 Å². The number of benzene rings is 1. The Kier molecular flexibility index (Phi) is 13.5. The zero-order valence-corrected chi connectivity index (χ0v) is 24.8. The first kappa shape index (κ1) is 32.8. The molecule has 1 aliphatic rings. The lowest BCUT2D eigenvalue weighted by Crippen LogP contribution is -2.44. The molecule has 1 amide bonds. The molecule has 3 rings (SSSR count). The van der Waals surface area contributed by atoms with Gasteiger partial charge in [0, 0.05) is 25.5 Å². The van der Waals surface area contributed by atoms with Gasteiger partial charge >= 0.3 is 11.9 Å². The van der Waals surface area contributed by atoms with Gasteiger partial charge < -0.3 is 33.7 Å². The lowest BCUT2D eigenvalue weighted by molar-refractivity contribution is -0.161. The zero-order chi connectivity index (χ0) is 30.3. The molecule has 0 radical (unpaired) electrons. The largest absolute Gasteiger partial charge is 0.493 e. The number of nitrogens with zero attached hydrogens (tertiary/aromatic N) is 1. The van der Waals surface area contributed by atoms with Crippen LogP contribution >= 0.6 is 0 Å². The first-order valence-electron chi connectivity index (χ1n) is 14.4. The molecule has 0 aliphatic carbocycles. The number of nitrogens with one attached hydrogen (secondary N) is 1. The van der Waals surface area contributed by atoms with Crippen LogP contribution in [-0.4, -0.2) is 74.8 Å². The van der Waals surface area contributed by atoms with Crippen LogP contribution in [0.25, 0.3) is 0 Å². The van der Waals surface area contributed by atoms with Gasteiger partial charge in [0.1, 0.15) is 18.8 Å². The SMILES string of the molecule is CCCO[C@@H]1[C@@H](Cc2ccccc2)CCC[C@H](NC(=O)c2nccc(OC)c2OCOC(=O)COCC)C(=O)O[C@H]1C. The van der Waals surface area contributed by atoms with E-state index in [0.717, 1.165) is 19.3 Å². The van der Waals surface area contributed by atoms with E-state index in [0.29, 0.717) is 26.1 Å². The molecule has 230 valence electrons. The summed E-state index contributed by atoms with van der Waals surface area (Å²) in [7, 11) is 1.41. The first-order chi connectivity index (χ1) is 20.4. The van der Waals surface area contributed by atoms with Gasteiger partial charge in [0.2, 0.25) is 6.79 Å². The molecule has 1 N–H and O–H groups in total. The second-order valence-electron chi connectivity index (χ2n) is 9.99. The molecule has 1 aromatic heterocycles. The monoisotopic (exact) mass is 586 g/mol. The van der Waals surface area contributed by atoms with Crippen molar-refractivity contribution in [2.45, 2.75) is 71.1 Å². The Hall–Kier alpha value is -3.70. The van der Waals surface area contributed by atoms with Crippen LogP contribution in [0.4, 0.5) is 0 Å². The third-order valence-electron chi connectivity index (χ3n) is 6.89. The van der Waals surface area contributed by atoms with Crippen molar-refractivity contribution in [2.75, 3.05) is 33.7 Å². The third kappa shape index (κ3) is 9.70. The fourth-order valence-electron chi connectivity index (χ4n) is 4.87. The van der Waals surface area contributed by atoms with E-state index in [1.165, 1.54) is 24.9 Å². The smallest absolute Gasteiger partial charge is 0.334 e. The molecule has 11 nitrogen and oxygen atoms in total. The number of esters is 2. The Balaban J connectivity index is 1.74. The number of rotatable bonds is 14. The summed E-state index contributed by atoms with van der Waals surface area (Å²) in [4.78, 5) is 42.6. The summed E-state index contributed by atoms with van der Waals surface area (Å²) in [6.45, 7) is 5.84. The summed E-state index contributed by atoms with van der Waals surface area (Å²) in [6, 6.07) is 10.8. The van der Waals surface area contributed by atoms with Crippen molar-refractivity contribution in [2.24, 2.45) is 5.92 Å². The molecule has 1 saturated heterocycles. The predicted molar refractivity (Wildman–Crippen MR) is 153 cm³/mol. The molecule has 11 heteroatoms. The van der Waals surface area contributed by atoms with E-state index in [-0.39, 0.29) is 35.8 Å². The second kappa shape index (κ2) is 17.3. The van der Waals surface area contributed by atoms with Gasteiger partial charge in [0.25, 0.3) is 5.91 Å². The van der Waals surface area contributed by atoms with Gasteiger partial charge in [0.05, 0.1) is 13.2 Å². The number of carbonyl (C=O) groups is 3. The Bertz CT molecular complexity index is 1140. The summed E-state index contributed by atoms with van der Waals surface area (Å²) in [5.41, 5.74) is 1.07. The molecule has 1 fully saturated rings. The van der Waals surface area contributed by atoms with Crippen molar-refractivity contribution < 1.29 is 42.8 Å². The topological polar surface area (TPSA) is 132 Å². The summed E-state index contributed by atoms with van der Waals surface area (Å²) >= 11 is 0. The van der Waals surface area contributed by atoms with Crippen LogP contribution in [0.2, 0.25) is 0 Å². The van der Waals surface area contributed by atoms with Crippen LogP contribution < -0.4 is 14.8 Å². The van der Waals surface area contributed by atoms with Crippen molar-refractivity contribution in [1.82, 2.24) is 10.3 Å². The van der Waals surface area contributed by atoms with Gasteiger partial charge in [0.15, 0.2) is 17.2 Å². The number of amides is 1. The number of aromatic nitrogens is 1. The fourth-order valence-corrected chi connectivity index (χ4v) is 4.87. The minimum absolute atomic E-state index is 0.0255. The Labute approximate surface area is 247 Å². The molecule has 0 saturated carbocycles. The van der Waals surface area contributed by atoms with Gasteiger partial charge in [-0.25, -0.2) is 14.6 Å². The number of pyridine rings is 1. The van der Waals surface area contributed by atoms with E-state index in [2.05, 4.69) is 22.4 Å². The molecule has 2 heterocycles. The summed E-state index contributed by atoms with van der Waals surface area (Å²) in [5, 5.41) is 2.76. The van der Waals surface area contributed by atoms with Crippen LogP contribution in [-0.2, 0) is 35.0 Å². The van der Waals surface area contributed by atoms with Crippen LogP contribution in [0.15, 0.2) is 42.6 Å². The number of hydrogen-bond donors (Lipinski definition) is 1. The van der Waals surface area contributed by atoms with Gasteiger partial charge in [-0.15, -0.1) is 0 Å². The quantitative estimate of drug-likeness (QED) is 0.257. The average molecular weight is 587 g/mol. The number of hydrogen-bond acceptors (Lipinski definition) is 10. The van der Waals surface area contributed by atoms with Crippen LogP contribution in [0.1, 0.15) is 62.5 Å². The first-order valence-corrected chi connectivity index (χ1v) is 14.4. The highest BCUT2D eigenvalue weighted by atomic mass is 16.7. The highest BCUT2D eigenvalue weighted by Crippen LogP contribution is 2.31. The summed E-state index contributed by atoms with van der Waals surface area (Å²) < 4.78 is 33.0. The molecule has 42 heavy (non-hydrogen) atoms. The molecule has 1 aromatic carbocycles. The van der Waals surface area contributed by atoms with Crippen molar-refractivity contribution >= 4 is 17.8 Å². The van der Waals surface area contributed by atoms with Crippen molar-refractivity contribution in [3.8, 4) is 11.5 Å². The minimum Gasteiger partial charge on any atom is -0.493 e. The maximum absolute atomic E-state index is 13.4. The predicted octanol–water partition coefficient (Wildman–Crippen LogP) is 3.87. The standard InChI is InChI=1S/C31H42N2O9/c1-5-17-39-28-21(3)42-31(36)24(14-10-13-23(28)18-22-11-8-7-9-12-22)33-30(35)27-29(25(37-4)15-16-32-27)41-20-40-26(34)19-38-6-2/h7-9,11-12,15-16,21,23-24,28H,5-6,10,13-14,17-20H2,1-4H3,(H,33,35)/t21-,23+,24-,28-/m0/s1.